The smallest absolute Gasteiger partial charge is 0.163 e. The molecule has 2 aromatic carbocycles. The van der Waals surface area contributed by atoms with Gasteiger partial charge in [0.05, 0.1) is 13.7 Å². The quantitative estimate of drug-likeness (QED) is 0.741. The fraction of sp³-hybridized carbons (Fsp3) is 0.400. The van der Waals surface area contributed by atoms with Gasteiger partial charge in [0.25, 0.3) is 0 Å². The van der Waals surface area contributed by atoms with Gasteiger partial charge in [-0.2, -0.15) is 0 Å². The predicted molar refractivity (Wildman–Crippen MR) is 102 cm³/mol. The normalized spacial score (nSPS) is 11.4. The predicted octanol–water partition coefficient (Wildman–Crippen LogP) is 4.10. The maximum Gasteiger partial charge on any atom is 0.163 e. The Morgan fingerprint density at radius 3 is 2.40 bits per heavy atom. The van der Waals surface area contributed by atoms with Crippen LogP contribution in [0.15, 0.2) is 36.4 Å². The van der Waals surface area contributed by atoms with Gasteiger partial charge in [-0.05, 0) is 38.0 Å². The van der Waals surface area contributed by atoms with E-state index in [-0.39, 0.29) is 12.1 Å². The Bertz CT molecular complexity index is 699. The van der Waals surface area contributed by atoms with E-state index in [2.05, 4.69) is 24.4 Å². The summed E-state index contributed by atoms with van der Waals surface area (Å²) in [6.45, 7) is 6.93. The van der Waals surface area contributed by atoms with Crippen molar-refractivity contribution in [2.24, 2.45) is 0 Å². The number of benzene rings is 2. The molecule has 0 aliphatic carbocycles. The summed E-state index contributed by atoms with van der Waals surface area (Å²) >= 11 is 6.39. The summed E-state index contributed by atoms with van der Waals surface area (Å²) in [5, 5.41) is 13.2. The third-order valence-electron chi connectivity index (χ3n) is 4.00. The molecule has 0 heterocycles. The number of nitrogens with one attached hydrogen (secondary N) is 1. The first-order valence-electron chi connectivity index (χ1n) is 8.25. The largest absolute Gasteiger partial charge is 0.493 e. The van der Waals surface area contributed by atoms with Gasteiger partial charge >= 0.3 is 0 Å². The van der Waals surface area contributed by atoms with Crippen LogP contribution in [0.1, 0.15) is 30.5 Å². The summed E-state index contributed by atoms with van der Waals surface area (Å²) in [5.41, 5.74) is 2.81. The summed E-state index contributed by atoms with van der Waals surface area (Å²) in [4.78, 5) is 0. The van der Waals surface area contributed by atoms with Crippen LogP contribution in [0.25, 0.3) is 0 Å². The van der Waals surface area contributed by atoms with Crippen LogP contribution in [-0.4, -0.2) is 24.4 Å². The zero-order valence-corrected chi connectivity index (χ0v) is 16.0. The SMILES string of the molecule is COc1cc(CNC(C)(C)CO)c(Cl)cc1OCc1ccc(C)cc1. The lowest BCUT2D eigenvalue weighted by Crippen LogP contribution is -2.42. The minimum absolute atomic E-state index is 0.0412. The fourth-order valence-electron chi connectivity index (χ4n) is 2.22. The highest BCUT2D eigenvalue weighted by molar-refractivity contribution is 6.31. The minimum Gasteiger partial charge on any atom is -0.493 e. The first-order chi connectivity index (χ1) is 11.8. The van der Waals surface area contributed by atoms with Crippen LogP contribution in [0.3, 0.4) is 0 Å². The van der Waals surface area contributed by atoms with Crippen molar-refractivity contribution in [1.29, 1.82) is 0 Å². The van der Waals surface area contributed by atoms with Gasteiger partial charge < -0.3 is 19.9 Å². The van der Waals surface area contributed by atoms with Gasteiger partial charge in [0.2, 0.25) is 0 Å². The average Bonchev–Trinajstić information content (AvgIpc) is 2.60. The molecular formula is C20H26ClNO3. The monoisotopic (exact) mass is 363 g/mol. The van der Waals surface area contributed by atoms with E-state index in [1.807, 2.05) is 32.0 Å². The standard InChI is InChI=1S/C20H26ClNO3/c1-14-5-7-15(8-6-14)12-25-19-10-17(21)16(9-18(19)24-4)11-22-20(2,3)13-23/h5-10,22-23H,11-13H2,1-4H3. The van der Waals surface area contributed by atoms with E-state index in [4.69, 9.17) is 21.1 Å². The molecule has 0 aliphatic heterocycles. The third kappa shape index (κ3) is 5.63. The number of halogens is 1. The molecule has 0 saturated carbocycles. The molecule has 136 valence electrons. The molecule has 0 bridgehead atoms. The number of hydrogen-bond donors (Lipinski definition) is 2. The van der Waals surface area contributed by atoms with Crippen LogP contribution in [0.2, 0.25) is 5.02 Å². The molecule has 0 spiro atoms. The van der Waals surface area contributed by atoms with E-state index in [1.165, 1.54) is 5.56 Å². The van der Waals surface area contributed by atoms with Crippen LogP contribution in [-0.2, 0) is 13.2 Å². The lowest BCUT2D eigenvalue weighted by atomic mass is 10.1. The third-order valence-corrected chi connectivity index (χ3v) is 4.35. The summed E-state index contributed by atoms with van der Waals surface area (Å²) in [6, 6.07) is 11.8. The lowest BCUT2D eigenvalue weighted by Gasteiger charge is -2.24. The molecule has 0 atom stereocenters. The van der Waals surface area contributed by atoms with E-state index in [9.17, 15) is 5.11 Å². The van der Waals surface area contributed by atoms with Crippen molar-refractivity contribution < 1.29 is 14.6 Å². The van der Waals surface area contributed by atoms with Crippen molar-refractivity contribution in [1.82, 2.24) is 5.32 Å². The number of aryl methyl sites for hydroxylation is 1. The number of ether oxygens (including phenoxy) is 2. The van der Waals surface area contributed by atoms with Gasteiger partial charge in [0, 0.05) is 23.2 Å². The van der Waals surface area contributed by atoms with E-state index in [0.717, 1.165) is 11.1 Å². The molecule has 4 nitrogen and oxygen atoms in total. The maximum atomic E-state index is 9.34. The molecule has 0 amide bonds. The fourth-order valence-corrected chi connectivity index (χ4v) is 2.44. The summed E-state index contributed by atoms with van der Waals surface area (Å²) in [7, 11) is 1.61. The first-order valence-corrected chi connectivity index (χ1v) is 8.63. The highest BCUT2D eigenvalue weighted by Crippen LogP contribution is 2.34. The van der Waals surface area contributed by atoms with Crippen LogP contribution < -0.4 is 14.8 Å². The van der Waals surface area contributed by atoms with E-state index >= 15 is 0 Å². The molecule has 2 rings (SSSR count). The second-order valence-electron chi connectivity index (χ2n) is 6.76. The molecule has 0 aliphatic rings. The molecule has 0 saturated heterocycles. The highest BCUT2D eigenvalue weighted by atomic mass is 35.5. The van der Waals surface area contributed by atoms with Crippen molar-refractivity contribution in [3.05, 3.63) is 58.1 Å². The van der Waals surface area contributed by atoms with E-state index in [1.54, 1.807) is 13.2 Å². The second-order valence-corrected chi connectivity index (χ2v) is 7.17. The van der Waals surface area contributed by atoms with Gasteiger partial charge in [-0.1, -0.05) is 41.4 Å². The van der Waals surface area contributed by atoms with Crippen molar-refractivity contribution in [2.75, 3.05) is 13.7 Å². The molecule has 0 unspecified atom stereocenters. The van der Waals surface area contributed by atoms with Crippen LogP contribution in [0, 0.1) is 6.92 Å². The van der Waals surface area contributed by atoms with Crippen molar-refractivity contribution in [2.45, 2.75) is 39.5 Å². The topological polar surface area (TPSA) is 50.7 Å². The molecule has 2 N–H and O–H groups in total. The van der Waals surface area contributed by atoms with Gasteiger partial charge in [-0.25, -0.2) is 0 Å². The summed E-state index contributed by atoms with van der Waals surface area (Å²) < 4.78 is 11.3. The van der Waals surface area contributed by atoms with Gasteiger partial charge in [0.15, 0.2) is 11.5 Å². The molecule has 25 heavy (non-hydrogen) atoms. The number of hydrogen-bond acceptors (Lipinski definition) is 4. The Balaban J connectivity index is 2.11. The van der Waals surface area contributed by atoms with E-state index < -0.39 is 0 Å². The molecular weight excluding hydrogens is 338 g/mol. The van der Waals surface area contributed by atoms with Gasteiger partial charge in [0.1, 0.15) is 6.61 Å². The Labute approximate surface area is 154 Å². The zero-order valence-electron chi connectivity index (χ0n) is 15.2. The molecule has 5 heteroatoms. The number of aliphatic hydroxyl groups excluding tert-OH is 1. The number of methoxy groups -OCH3 is 1. The van der Waals surface area contributed by atoms with Crippen LogP contribution in [0.5, 0.6) is 11.5 Å². The number of rotatable bonds is 8. The average molecular weight is 364 g/mol. The molecule has 0 fully saturated rings. The van der Waals surface area contributed by atoms with Crippen molar-refractivity contribution in [3.8, 4) is 11.5 Å². The van der Waals surface area contributed by atoms with Gasteiger partial charge in [-0.15, -0.1) is 0 Å². The Morgan fingerprint density at radius 1 is 1.12 bits per heavy atom. The Hall–Kier alpha value is -1.75. The van der Waals surface area contributed by atoms with Crippen LogP contribution >= 0.6 is 11.6 Å². The Kier molecular flexibility index (Phi) is 6.71. The second kappa shape index (κ2) is 8.56. The van der Waals surface area contributed by atoms with Gasteiger partial charge in [-0.3, -0.25) is 0 Å². The van der Waals surface area contributed by atoms with Crippen molar-refractivity contribution >= 4 is 11.6 Å². The van der Waals surface area contributed by atoms with Crippen LogP contribution in [0.4, 0.5) is 0 Å². The molecule has 0 aromatic heterocycles. The molecule has 2 aromatic rings. The van der Waals surface area contributed by atoms with Crippen molar-refractivity contribution in [3.63, 3.8) is 0 Å². The minimum atomic E-state index is -0.378. The zero-order chi connectivity index (χ0) is 18.4. The summed E-state index contributed by atoms with van der Waals surface area (Å²) in [5.74, 6) is 1.24. The first kappa shape index (κ1) is 19.6. The number of aliphatic hydroxyl groups is 1. The van der Waals surface area contributed by atoms with E-state index in [0.29, 0.717) is 29.7 Å². The highest BCUT2D eigenvalue weighted by Gasteiger charge is 2.17. The maximum absolute atomic E-state index is 9.34. The molecule has 0 radical (unpaired) electrons. The lowest BCUT2D eigenvalue weighted by molar-refractivity contribution is 0.187. The Morgan fingerprint density at radius 2 is 1.80 bits per heavy atom. The summed E-state index contributed by atoms with van der Waals surface area (Å²) in [6.07, 6.45) is 0.